The first-order chi connectivity index (χ1) is 4.27. The van der Waals surface area contributed by atoms with E-state index in [-0.39, 0.29) is 0 Å². The summed E-state index contributed by atoms with van der Waals surface area (Å²) in [4.78, 5) is 0. The van der Waals surface area contributed by atoms with Crippen molar-refractivity contribution in [1.29, 1.82) is 0 Å². The van der Waals surface area contributed by atoms with Crippen LogP contribution in [0.4, 0.5) is 0 Å². The van der Waals surface area contributed by atoms with E-state index < -0.39 is 0 Å². The molecule has 0 aromatic rings. The Balaban J connectivity index is 0. The topological polar surface area (TPSA) is 0 Å². The van der Waals surface area contributed by atoms with Gasteiger partial charge in [0.2, 0.25) is 0 Å². The summed E-state index contributed by atoms with van der Waals surface area (Å²) >= 11 is 0.847. The summed E-state index contributed by atoms with van der Waals surface area (Å²) in [5.74, 6) is 1.56. The molecular formula is C7H15ClZn. The molecule has 0 rings (SSSR count). The first kappa shape index (κ1) is 12.6. The maximum atomic E-state index is 4.76. The third-order valence-electron chi connectivity index (χ3n) is 1.03. The van der Waals surface area contributed by atoms with Crippen LogP contribution in [-0.2, 0) is 17.3 Å². The number of hydrogen-bond acceptors (Lipinski definition) is 0. The quantitative estimate of drug-likeness (QED) is 0.483. The van der Waals surface area contributed by atoms with E-state index in [9.17, 15) is 0 Å². The predicted octanol–water partition coefficient (Wildman–Crippen LogP) is 3.48. The van der Waals surface area contributed by atoms with Gasteiger partial charge in [-0.1, -0.05) is 19.8 Å². The molecule has 0 spiro atoms. The summed E-state index contributed by atoms with van der Waals surface area (Å²) < 4.78 is 0. The predicted molar refractivity (Wildman–Crippen MR) is 40.0 cm³/mol. The van der Waals surface area contributed by atoms with Crippen molar-refractivity contribution in [2.45, 2.75) is 40.0 Å². The van der Waals surface area contributed by atoms with Crippen LogP contribution in [0.25, 0.3) is 0 Å². The minimum atomic E-state index is 0.847. The molecule has 0 unspecified atom stereocenters. The van der Waals surface area contributed by atoms with Crippen LogP contribution in [0.15, 0.2) is 0 Å². The van der Waals surface area contributed by atoms with Crippen LogP contribution in [0.2, 0.25) is 0 Å². The van der Waals surface area contributed by atoms with Crippen LogP contribution in [0.1, 0.15) is 40.0 Å². The van der Waals surface area contributed by atoms with Gasteiger partial charge in [0.05, 0.1) is 0 Å². The zero-order chi connectivity index (χ0) is 7.70. The second kappa shape index (κ2) is 11.7. The third-order valence-corrected chi connectivity index (χ3v) is 1.03. The van der Waals surface area contributed by atoms with Crippen molar-refractivity contribution >= 4 is 9.69 Å². The molecule has 0 bridgehead atoms. The van der Waals surface area contributed by atoms with Crippen LogP contribution < -0.4 is 0 Å². The van der Waals surface area contributed by atoms with Gasteiger partial charge in [0.25, 0.3) is 0 Å². The molecule has 0 heterocycles. The van der Waals surface area contributed by atoms with Crippen molar-refractivity contribution in [2.24, 2.45) is 0 Å². The van der Waals surface area contributed by atoms with Gasteiger partial charge < -0.3 is 5.92 Å². The fourth-order valence-corrected chi connectivity index (χ4v) is 0.530. The van der Waals surface area contributed by atoms with Crippen LogP contribution in [0.5, 0.6) is 0 Å². The average molecular weight is 200 g/mol. The molecule has 0 saturated carbocycles. The Morgan fingerprint density at radius 2 is 1.78 bits per heavy atom. The van der Waals surface area contributed by atoms with Crippen molar-refractivity contribution in [3.8, 4) is 0 Å². The van der Waals surface area contributed by atoms with Crippen molar-refractivity contribution in [3.05, 3.63) is 5.92 Å². The van der Waals surface area contributed by atoms with Crippen molar-refractivity contribution < 1.29 is 17.3 Å². The van der Waals surface area contributed by atoms with Crippen LogP contribution in [0.3, 0.4) is 0 Å². The van der Waals surface area contributed by atoms with E-state index in [1.807, 2.05) is 0 Å². The van der Waals surface area contributed by atoms with Gasteiger partial charge in [0, 0.05) is 0 Å². The Bertz CT molecular complexity index is 37.9. The van der Waals surface area contributed by atoms with Gasteiger partial charge in [-0.3, -0.25) is 0 Å². The van der Waals surface area contributed by atoms with Crippen molar-refractivity contribution in [3.63, 3.8) is 0 Å². The molecule has 0 fully saturated rings. The molecule has 52 valence electrons. The second-order valence-electron chi connectivity index (χ2n) is 2.31. The van der Waals surface area contributed by atoms with Gasteiger partial charge in [0.15, 0.2) is 0 Å². The molecule has 2 heteroatoms. The molecule has 0 atom stereocenters. The molecule has 0 aromatic heterocycles. The van der Waals surface area contributed by atoms with Crippen LogP contribution >= 0.6 is 9.69 Å². The molecule has 0 aromatic carbocycles. The van der Waals surface area contributed by atoms with E-state index >= 15 is 0 Å². The molecule has 0 N–H and O–H groups in total. The summed E-state index contributed by atoms with van der Waals surface area (Å²) in [6.45, 7) is 6.61. The van der Waals surface area contributed by atoms with Gasteiger partial charge in [-0.25, -0.2) is 0 Å². The standard InChI is InChI=1S/C7H15.ClH.Zn/c1-4-5-6-7(2)3;;/h4-6H2,1-3H3;1H;/q-1;;+2/p-1. The number of halogens is 1. The Hall–Kier alpha value is 0.913. The zero-order valence-corrected chi connectivity index (χ0v) is 10.4. The summed E-state index contributed by atoms with van der Waals surface area (Å²) in [6, 6.07) is 0. The maximum absolute atomic E-state index is 4.76. The van der Waals surface area contributed by atoms with E-state index in [2.05, 4.69) is 20.8 Å². The summed E-state index contributed by atoms with van der Waals surface area (Å²) in [7, 11) is 4.76. The third kappa shape index (κ3) is 17.6. The number of unbranched alkanes of at least 4 members (excludes halogenated alkanes) is 1. The molecule has 0 saturated heterocycles. The van der Waals surface area contributed by atoms with Gasteiger partial charge >= 0.3 is 27.0 Å². The van der Waals surface area contributed by atoms with Gasteiger partial charge in [-0.2, -0.15) is 20.3 Å². The fourth-order valence-electron chi connectivity index (χ4n) is 0.530. The number of hydrogen-bond donors (Lipinski definition) is 0. The zero-order valence-electron chi connectivity index (χ0n) is 6.71. The molecule has 0 aliphatic carbocycles. The van der Waals surface area contributed by atoms with E-state index in [4.69, 9.17) is 9.69 Å². The Kier molecular flexibility index (Phi) is 16.3. The fraction of sp³-hybridized carbons (Fsp3) is 0.857. The van der Waals surface area contributed by atoms with Gasteiger partial charge in [-0.15, -0.1) is 0 Å². The number of rotatable bonds is 3. The molecule has 9 heavy (non-hydrogen) atoms. The first-order valence-electron chi connectivity index (χ1n) is 3.33. The molecule has 0 amide bonds. The Morgan fingerprint density at radius 3 is 1.89 bits per heavy atom. The molecule has 0 aliphatic rings. The first-order valence-corrected chi connectivity index (χ1v) is 7.23. The van der Waals surface area contributed by atoms with Crippen molar-refractivity contribution in [1.82, 2.24) is 0 Å². The van der Waals surface area contributed by atoms with E-state index in [0.29, 0.717) is 0 Å². The second-order valence-corrected chi connectivity index (χ2v) is 2.31. The molecule has 0 radical (unpaired) electrons. The van der Waals surface area contributed by atoms with E-state index in [1.165, 1.54) is 19.3 Å². The van der Waals surface area contributed by atoms with Crippen LogP contribution in [0, 0.1) is 5.92 Å². The summed E-state index contributed by atoms with van der Waals surface area (Å²) in [5.41, 5.74) is 0. The van der Waals surface area contributed by atoms with Crippen LogP contribution in [-0.4, -0.2) is 0 Å². The SMILES string of the molecule is CCCC[C-](C)C.[Cl][Zn+]. The normalized spacial score (nSPS) is 8.78. The average Bonchev–Trinajstić information content (AvgIpc) is 1.88. The minimum absolute atomic E-state index is 0.847. The molecular weight excluding hydrogens is 185 g/mol. The molecule has 0 aliphatic heterocycles. The van der Waals surface area contributed by atoms with E-state index in [1.54, 1.807) is 5.92 Å². The van der Waals surface area contributed by atoms with E-state index in [0.717, 1.165) is 17.3 Å². The van der Waals surface area contributed by atoms with Crippen molar-refractivity contribution in [2.75, 3.05) is 0 Å². The Morgan fingerprint density at radius 1 is 1.33 bits per heavy atom. The molecule has 0 nitrogen and oxygen atoms in total. The van der Waals surface area contributed by atoms with Gasteiger partial charge in [-0.05, 0) is 0 Å². The summed E-state index contributed by atoms with van der Waals surface area (Å²) in [6.07, 6.45) is 4.00. The Labute approximate surface area is 73.1 Å². The summed E-state index contributed by atoms with van der Waals surface area (Å²) in [5, 5.41) is 0. The van der Waals surface area contributed by atoms with Gasteiger partial charge in [0.1, 0.15) is 0 Å². The monoisotopic (exact) mass is 198 g/mol.